The highest BCUT2D eigenvalue weighted by Gasteiger charge is 2.35. The van der Waals surface area contributed by atoms with Crippen LogP contribution < -0.4 is 9.64 Å². The molecule has 0 radical (unpaired) electrons. The quantitative estimate of drug-likeness (QED) is 0.587. The van der Waals surface area contributed by atoms with E-state index in [1.807, 2.05) is 30.3 Å². The molecule has 0 aliphatic carbocycles. The van der Waals surface area contributed by atoms with Crippen molar-refractivity contribution in [1.82, 2.24) is 0 Å². The van der Waals surface area contributed by atoms with E-state index in [0.29, 0.717) is 23.8 Å². The Balaban J connectivity index is 1.54. The van der Waals surface area contributed by atoms with Crippen LogP contribution in [0, 0.1) is 0 Å². The van der Waals surface area contributed by atoms with Crippen molar-refractivity contribution in [3.05, 3.63) is 59.6 Å². The van der Waals surface area contributed by atoms with Crippen LogP contribution in [-0.4, -0.2) is 50.0 Å². The summed E-state index contributed by atoms with van der Waals surface area (Å²) in [6, 6.07) is 16.1. The van der Waals surface area contributed by atoms with Crippen LogP contribution in [-0.2, 0) is 14.6 Å². The van der Waals surface area contributed by atoms with E-state index in [4.69, 9.17) is 16.3 Å². The third kappa shape index (κ3) is 5.90. The Morgan fingerprint density at radius 2 is 1.86 bits per heavy atom. The molecule has 1 heterocycles. The van der Waals surface area contributed by atoms with Crippen molar-refractivity contribution in [3.8, 4) is 5.75 Å². The first kappa shape index (κ1) is 21.0. The first-order valence-corrected chi connectivity index (χ1v) is 12.3. The van der Waals surface area contributed by atoms with Crippen LogP contribution in [0.25, 0.3) is 0 Å². The number of halogens is 1. The molecule has 2 aromatic rings. The number of rotatable bonds is 8. The normalized spacial score (nSPS) is 18.0. The van der Waals surface area contributed by atoms with Crippen LogP contribution in [0.5, 0.6) is 5.75 Å². The maximum absolute atomic E-state index is 12.9. The predicted molar refractivity (Wildman–Crippen MR) is 115 cm³/mol. The van der Waals surface area contributed by atoms with Crippen LogP contribution in [0.4, 0.5) is 5.69 Å². The minimum absolute atomic E-state index is 0.0258. The van der Waals surface area contributed by atoms with E-state index in [1.54, 1.807) is 29.2 Å². The zero-order valence-corrected chi connectivity index (χ0v) is 17.7. The number of hydrogen-bond acceptors (Lipinski definition) is 5. The summed E-state index contributed by atoms with van der Waals surface area (Å²) in [4.78, 5) is 14.5. The van der Waals surface area contributed by atoms with Gasteiger partial charge in [-0.2, -0.15) is 0 Å². The number of anilines is 1. The molecule has 28 heavy (non-hydrogen) atoms. The topological polar surface area (TPSA) is 63.7 Å². The molecule has 8 heteroatoms. The monoisotopic (exact) mass is 439 g/mol. The van der Waals surface area contributed by atoms with Gasteiger partial charge in [0.05, 0.1) is 29.9 Å². The summed E-state index contributed by atoms with van der Waals surface area (Å²) in [5, 5.41) is 0.655. The number of benzene rings is 2. The standard InChI is InChI=1S/C20H22ClNO4S2/c21-16-6-8-19(9-7-16)26-11-12-27-14-20(23)22(17-4-2-1-3-5-17)18-10-13-28(24,25)15-18/h1-9,18H,10-15H2/t18-/m0/s1. The van der Waals surface area contributed by atoms with Gasteiger partial charge in [-0.05, 0) is 42.8 Å². The molecule has 0 spiro atoms. The number of nitrogens with zero attached hydrogens (tertiary/aromatic N) is 1. The highest BCUT2D eigenvalue weighted by Crippen LogP contribution is 2.25. The van der Waals surface area contributed by atoms with Crippen LogP contribution in [0.15, 0.2) is 54.6 Å². The van der Waals surface area contributed by atoms with Gasteiger partial charge in [0.15, 0.2) is 9.84 Å². The maximum atomic E-state index is 12.9. The van der Waals surface area contributed by atoms with Gasteiger partial charge in [-0.15, -0.1) is 11.8 Å². The minimum Gasteiger partial charge on any atom is -0.493 e. The van der Waals surface area contributed by atoms with Crippen molar-refractivity contribution >= 4 is 44.8 Å². The molecule has 150 valence electrons. The Morgan fingerprint density at radius 3 is 2.50 bits per heavy atom. The van der Waals surface area contributed by atoms with Gasteiger partial charge in [0.1, 0.15) is 5.75 Å². The van der Waals surface area contributed by atoms with E-state index >= 15 is 0 Å². The third-order valence-corrected chi connectivity index (χ3v) is 7.32. The minimum atomic E-state index is -3.07. The molecular weight excluding hydrogens is 418 g/mol. The first-order chi connectivity index (χ1) is 13.4. The molecule has 0 unspecified atom stereocenters. The summed E-state index contributed by atoms with van der Waals surface area (Å²) < 4.78 is 29.4. The fraction of sp³-hybridized carbons (Fsp3) is 0.350. The molecule has 1 saturated heterocycles. The van der Waals surface area contributed by atoms with Crippen molar-refractivity contribution in [1.29, 1.82) is 0 Å². The summed E-state index contributed by atoms with van der Waals surface area (Å²) in [5.74, 6) is 1.74. The number of carbonyl (C=O) groups excluding carboxylic acids is 1. The van der Waals surface area contributed by atoms with Crippen LogP contribution >= 0.6 is 23.4 Å². The highest BCUT2D eigenvalue weighted by atomic mass is 35.5. The smallest absolute Gasteiger partial charge is 0.237 e. The molecule has 1 atom stereocenters. The number of para-hydroxylation sites is 1. The van der Waals surface area contributed by atoms with Gasteiger partial charge >= 0.3 is 0 Å². The molecule has 1 aliphatic rings. The van der Waals surface area contributed by atoms with E-state index in [-0.39, 0.29) is 29.2 Å². The Kier molecular flexibility index (Phi) is 7.26. The second-order valence-corrected chi connectivity index (χ2v) is 10.3. The van der Waals surface area contributed by atoms with Crippen LogP contribution in [0.1, 0.15) is 6.42 Å². The highest BCUT2D eigenvalue weighted by molar-refractivity contribution is 8.00. The molecule has 0 aromatic heterocycles. The SMILES string of the molecule is O=C(CSCCOc1ccc(Cl)cc1)N(c1ccccc1)[C@H]1CCS(=O)(=O)C1. The molecule has 1 fully saturated rings. The van der Waals surface area contributed by atoms with Crippen molar-refractivity contribution in [3.63, 3.8) is 0 Å². The van der Waals surface area contributed by atoms with E-state index in [2.05, 4.69) is 0 Å². The molecule has 1 amide bonds. The summed E-state index contributed by atoms with van der Waals surface area (Å²) in [6.45, 7) is 0.475. The van der Waals surface area contributed by atoms with Gasteiger partial charge < -0.3 is 9.64 Å². The van der Waals surface area contributed by atoms with Gasteiger partial charge in [0, 0.05) is 16.5 Å². The number of thioether (sulfide) groups is 1. The molecule has 3 rings (SSSR count). The molecule has 1 aliphatic heterocycles. The fourth-order valence-electron chi connectivity index (χ4n) is 3.10. The maximum Gasteiger partial charge on any atom is 0.237 e. The second-order valence-electron chi connectivity index (χ2n) is 6.51. The van der Waals surface area contributed by atoms with Gasteiger partial charge in [-0.1, -0.05) is 29.8 Å². The Hall–Kier alpha value is -1.70. The van der Waals surface area contributed by atoms with Gasteiger partial charge in [0.2, 0.25) is 5.91 Å². The van der Waals surface area contributed by atoms with E-state index in [1.165, 1.54) is 11.8 Å². The van der Waals surface area contributed by atoms with Crippen molar-refractivity contribution in [2.24, 2.45) is 0 Å². The zero-order valence-electron chi connectivity index (χ0n) is 15.3. The van der Waals surface area contributed by atoms with Crippen molar-refractivity contribution in [2.75, 3.05) is 34.5 Å². The summed E-state index contributed by atoms with van der Waals surface area (Å²) in [6.07, 6.45) is 0.479. The molecule has 0 saturated carbocycles. The average molecular weight is 440 g/mol. The largest absolute Gasteiger partial charge is 0.493 e. The molecule has 0 N–H and O–H groups in total. The number of ether oxygens (including phenoxy) is 1. The van der Waals surface area contributed by atoms with Gasteiger partial charge in [0.25, 0.3) is 0 Å². The lowest BCUT2D eigenvalue weighted by Crippen LogP contribution is -2.42. The van der Waals surface area contributed by atoms with Crippen LogP contribution in [0.2, 0.25) is 5.02 Å². The number of sulfone groups is 1. The van der Waals surface area contributed by atoms with Crippen molar-refractivity contribution < 1.29 is 17.9 Å². The van der Waals surface area contributed by atoms with E-state index < -0.39 is 9.84 Å². The van der Waals surface area contributed by atoms with Gasteiger partial charge in [-0.3, -0.25) is 4.79 Å². The zero-order chi connectivity index (χ0) is 20.0. The van der Waals surface area contributed by atoms with E-state index in [0.717, 1.165) is 11.4 Å². The lowest BCUT2D eigenvalue weighted by Gasteiger charge is -2.28. The molecule has 5 nitrogen and oxygen atoms in total. The fourth-order valence-corrected chi connectivity index (χ4v) is 5.59. The first-order valence-electron chi connectivity index (χ1n) is 8.98. The average Bonchev–Trinajstić information content (AvgIpc) is 3.03. The van der Waals surface area contributed by atoms with Gasteiger partial charge in [-0.25, -0.2) is 8.42 Å². The summed E-state index contributed by atoms with van der Waals surface area (Å²) in [7, 11) is -3.07. The number of carbonyl (C=O) groups is 1. The molecular formula is C20H22ClNO4S2. The summed E-state index contributed by atoms with van der Waals surface area (Å²) >= 11 is 7.32. The van der Waals surface area contributed by atoms with E-state index in [9.17, 15) is 13.2 Å². The lowest BCUT2D eigenvalue weighted by atomic mass is 10.2. The number of amides is 1. The molecule has 0 bridgehead atoms. The third-order valence-electron chi connectivity index (χ3n) is 4.41. The van der Waals surface area contributed by atoms with Crippen molar-refractivity contribution in [2.45, 2.75) is 12.5 Å². The Morgan fingerprint density at radius 1 is 1.14 bits per heavy atom. The second kappa shape index (κ2) is 9.67. The Labute approximate surface area is 174 Å². The Bertz CT molecular complexity index is 888. The predicted octanol–water partition coefficient (Wildman–Crippen LogP) is 3.67. The lowest BCUT2D eigenvalue weighted by molar-refractivity contribution is -0.116. The number of hydrogen-bond donors (Lipinski definition) is 0. The summed E-state index contributed by atoms with van der Waals surface area (Å²) in [5.41, 5.74) is 0.743. The molecule has 2 aromatic carbocycles. The van der Waals surface area contributed by atoms with Crippen LogP contribution in [0.3, 0.4) is 0 Å².